The number of nitrogens with one attached hydrogen (secondary N) is 1. The van der Waals surface area contributed by atoms with Crippen molar-refractivity contribution in [1.29, 1.82) is 0 Å². The highest BCUT2D eigenvalue weighted by molar-refractivity contribution is 5.46. The maximum Gasteiger partial charge on any atom is 0.207 e. The Morgan fingerprint density at radius 2 is 1.63 bits per heavy atom. The second-order valence-electron chi connectivity index (χ2n) is 12.9. The molecule has 0 spiro atoms. The third-order valence-corrected chi connectivity index (χ3v) is 11.2. The number of amides is 1. The Morgan fingerprint density at radius 3 is 2.37 bits per heavy atom. The number of carbonyl (C=O) groups excluding carboxylic acids is 1. The largest absolute Gasteiger partial charge is 0.356 e. The van der Waals surface area contributed by atoms with Crippen molar-refractivity contribution in [3.63, 3.8) is 0 Å². The van der Waals surface area contributed by atoms with Gasteiger partial charge in [-0.05, 0) is 110 Å². The van der Waals surface area contributed by atoms with Crippen molar-refractivity contribution in [1.82, 2.24) is 5.32 Å². The molecule has 1 N–H and O–H groups in total. The third-order valence-electron chi connectivity index (χ3n) is 11.2. The molecule has 0 aromatic rings. The Labute approximate surface area is 186 Å². The molecule has 2 heteroatoms. The van der Waals surface area contributed by atoms with Crippen molar-refractivity contribution >= 4 is 6.41 Å². The normalized spacial score (nSPS) is 46.6. The van der Waals surface area contributed by atoms with E-state index in [0.717, 1.165) is 47.8 Å². The van der Waals surface area contributed by atoms with Gasteiger partial charge in [0.15, 0.2) is 0 Å². The minimum atomic E-state index is 0.438. The molecule has 2 nitrogen and oxygen atoms in total. The molecule has 4 aliphatic rings. The van der Waals surface area contributed by atoms with Gasteiger partial charge in [0.05, 0.1) is 0 Å². The third kappa shape index (κ3) is 3.88. The van der Waals surface area contributed by atoms with E-state index in [0.29, 0.717) is 16.9 Å². The summed E-state index contributed by atoms with van der Waals surface area (Å²) in [5.41, 5.74) is 1.14. The first-order chi connectivity index (χ1) is 14.3. The van der Waals surface area contributed by atoms with Gasteiger partial charge < -0.3 is 5.32 Å². The molecule has 0 saturated heterocycles. The first-order valence-electron chi connectivity index (χ1n) is 13.5. The van der Waals surface area contributed by atoms with Crippen molar-refractivity contribution in [2.45, 2.75) is 118 Å². The lowest BCUT2D eigenvalue weighted by Gasteiger charge is -2.61. The fraction of sp³-hybridized carbons (Fsp3) is 0.964. The zero-order valence-corrected chi connectivity index (χ0v) is 20.6. The van der Waals surface area contributed by atoms with E-state index in [1.807, 2.05) is 0 Å². The quantitative estimate of drug-likeness (QED) is 0.437. The molecule has 0 aromatic carbocycles. The highest BCUT2D eigenvalue weighted by Gasteiger charge is 2.60. The fourth-order valence-electron chi connectivity index (χ4n) is 9.53. The molecule has 9 atom stereocenters. The Bertz CT molecular complexity index is 601. The lowest BCUT2D eigenvalue weighted by Crippen LogP contribution is -2.55. The monoisotopic (exact) mass is 415 g/mol. The van der Waals surface area contributed by atoms with Crippen LogP contribution in [0.2, 0.25) is 0 Å². The molecular formula is C28H49NO. The van der Waals surface area contributed by atoms with Crippen LogP contribution in [0.25, 0.3) is 0 Å². The molecule has 0 radical (unpaired) electrons. The van der Waals surface area contributed by atoms with Gasteiger partial charge in [0.2, 0.25) is 6.41 Å². The SMILES string of the molecule is CC(C)CCC[C@@H](C)[C@H]1CC[C@H]2[C@@H]3CC[C@H]4C[C@@H](NC=O)CC[C@]4(C)[C@H]3CC[C@]12C. The maximum absolute atomic E-state index is 11.0. The van der Waals surface area contributed by atoms with Crippen LogP contribution in [0.4, 0.5) is 0 Å². The van der Waals surface area contributed by atoms with Gasteiger partial charge in [-0.1, -0.05) is 53.9 Å². The molecule has 0 bridgehead atoms. The van der Waals surface area contributed by atoms with Crippen molar-refractivity contribution in [3.05, 3.63) is 0 Å². The van der Waals surface area contributed by atoms with Gasteiger partial charge in [0.25, 0.3) is 0 Å². The number of hydrogen-bond acceptors (Lipinski definition) is 1. The molecular weight excluding hydrogens is 366 g/mol. The minimum Gasteiger partial charge on any atom is -0.356 e. The second kappa shape index (κ2) is 8.78. The summed E-state index contributed by atoms with van der Waals surface area (Å²) in [4.78, 5) is 11.0. The van der Waals surface area contributed by atoms with Crippen LogP contribution in [-0.4, -0.2) is 12.5 Å². The standard InChI is InChI=1S/C28H49NO/c1-19(2)7-6-8-20(3)24-11-12-25-23-10-9-21-17-22(29-18-30)13-15-27(21,4)26(23)14-16-28(24,25)5/h18-26H,6-17H2,1-5H3,(H,29,30)/t20-,21+,22+,23+,24-,25+,26+,27+,28-/m1/s1. The second-order valence-corrected chi connectivity index (χ2v) is 12.9. The van der Waals surface area contributed by atoms with Crippen LogP contribution in [0, 0.1) is 52.3 Å². The van der Waals surface area contributed by atoms with E-state index in [-0.39, 0.29) is 0 Å². The van der Waals surface area contributed by atoms with Crippen LogP contribution in [0.15, 0.2) is 0 Å². The van der Waals surface area contributed by atoms with Gasteiger partial charge in [-0.25, -0.2) is 0 Å². The summed E-state index contributed by atoms with van der Waals surface area (Å²) in [5.74, 6) is 6.47. The molecule has 4 aliphatic carbocycles. The summed E-state index contributed by atoms with van der Waals surface area (Å²) in [6, 6.07) is 0.438. The molecule has 4 fully saturated rings. The van der Waals surface area contributed by atoms with Gasteiger partial charge in [0, 0.05) is 6.04 Å². The predicted octanol–water partition coefficient (Wildman–Crippen LogP) is 7.22. The Morgan fingerprint density at radius 1 is 0.900 bits per heavy atom. The molecule has 0 unspecified atom stereocenters. The summed E-state index contributed by atoms with van der Waals surface area (Å²) in [7, 11) is 0. The number of carbonyl (C=O) groups is 1. The average molecular weight is 416 g/mol. The number of rotatable bonds is 7. The molecule has 30 heavy (non-hydrogen) atoms. The van der Waals surface area contributed by atoms with Crippen LogP contribution in [-0.2, 0) is 4.79 Å². The van der Waals surface area contributed by atoms with Gasteiger partial charge in [-0.2, -0.15) is 0 Å². The maximum atomic E-state index is 11.0. The molecule has 0 aromatic heterocycles. The number of hydrogen-bond donors (Lipinski definition) is 1. The average Bonchev–Trinajstić information content (AvgIpc) is 3.05. The first-order valence-corrected chi connectivity index (χ1v) is 13.5. The van der Waals surface area contributed by atoms with E-state index in [1.54, 1.807) is 0 Å². The van der Waals surface area contributed by atoms with Crippen molar-refractivity contribution in [3.8, 4) is 0 Å². The molecule has 172 valence electrons. The van der Waals surface area contributed by atoms with Gasteiger partial charge in [0.1, 0.15) is 0 Å². The Kier molecular flexibility index (Phi) is 6.63. The molecule has 4 rings (SSSR count). The minimum absolute atomic E-state index is 0.438. The zero-order valence-electron chi connectivity index (χ0n) is 20.6. The summed E-state index contributed by atoms with van der Waals surface area (Å²) in [6.45, 7) is 12.7. The van der Waals surface area contributed by atoms with E-state index < -0.39 is 0 Å². The van der Waals surface area contributed by atoms with Crippen LogP contribution < -0.4 is 5.32 Å². The van der Waals surface area contributed by atoms with Crippen molar-refractivity contribution < 1.29 is 4.79 Å². The van der Waals surface area contributed by atoms with Crippen LogP contribution in [0.5, 0.6) is 0 Å². The van der Waals surface area contributed by atoms with Gasteiger partial charge in [-0.15, -0.1) is 0 Å². The zero-order chi connectivity index (χ0) is 21.5. The molecule has 1 amide bonds. The molecule has 0 aliphatic heterocycles. The fourth-order valence-corrected chi connectivity index (χ4v) is 9.53. The van der Waals surface area contributed by atoms with Crippen molar-refractivity contribution in [2.24, 2.45) is 52.3 Å². The summed E-state index contributed by atoms with van der Waals surface area (Å²) in [6.07, 6.45) is 17.8. The molecule has 4 saturated carbocycles. The topological polar surface area (TPSA) is 29.1 Å². The van der Waals surface area contributed by atoms with E-state index in [9.17, 15) is 4.79 Å². The summed E-state index contributed by atoms with van der Waals surface area (Å²) in [5, 5.41) is 3.11. The number of fused-ring (bicyclic) bond motifs is 5. The summed E-state index contributed by atoms with van der Waals surface area (Å²) >= 11 is 0. The summed E-state index contributed by atoms with van der Waals surface area (Å²) < 4.78 is 0. The van der Waals surface area contributed by atoms with E-state index in [4.69, 9.17) is 0 Å². The first kappa shape index (κ1) is 22.7. The molecule has 0 heterocycles. The lowest BCUT2D eigenvalue weighted by atomic mass is 9.44. The Hall–Kier alpha value is -0.530. The predicted molar refractivity (Wildman–Crippen MR) is 126 cm³/mol. The Balaban J connectivity index is 1.44. The highest BCUT2D eigenvalue weighted by Crippen LogP contribution is 2.68. The van der Waals surface area contributed by atoms with Gasteiger partial charge in [-0.3, -0.25) is 4.79 Å². The van der Waals surface area contributed by atoms with E-state index >= 15 is 0 Å². The van der Waals surface area contributed by atoms with Crippen molar-refractivity contribution in [2.75, 3.05) is 0 Å². The van der Waals surface area contributed by atoms with Crippen LogP contribution in [0.3, 0.4) is 0 Å². The lowest BCUT2D eigenvalue weighted by molar-refractivity contribution is -0.122. The van der Waals surface area contributed by atoms with Crippen LogP contribution in [0.1, 0.15) is 112 Å². The highest BCUT2D eigenvalue weighted by atomic mass is 16.1. The van der Waals surface area contributed by atoms with E-state index in [1.165, 1.54) is 77.0 Å². The van der Waals surface area contributed by atoms with E-state index in [2.05, 4.69) is 39.9 Å². The van der Waals surface area contributed by atoms with Crippen LogP contribution >= 0.6 is 0 Å². The van der Waals surface area contributed by atoms with Gasteiger partial charge >= 0.3 is 0 Å². The smallest absolute Gasteiger partial charge is 0.207 e.